The molecule has 0 heteroatoms. The molecule has 12 heavy (non-hydrogen) atoms. The van der Waals surface area contributed by atoms with Gasteiger partial charge in [0.1, 0.15) is 0 Å². The van der Waals surface area contributed by atoms with Crippen LogP contribution in [0.1, 0.15) is 20.3 Å². The van der Waals surface area contributed by atoms with Gasteiger partial charge in [0.15, 0.2) is 0 Å². The molecule has 0 fully saturated rings. The lowest BCUT2D eigenvalue weighted by molar-refractivity contribution is 0.937. The molecular weight excluding hydrogens is 144 g/mol. The number of rotatable bonds is 5. The molecule has 0 heterocycles. The molecule has 0 spiro atoms. The van der Waals surface area contributed by atoms with E-state index in [1.54, 1.807) is 0 Å². The second kappa shape index (κ2) is 8.06. The molecule has 0 aromatic rings. The van der Waals surface area contributed by atoms with Gasteiger partial charge >= 0.3 is 0 Å². The van der Waals surface area contributed by atoms with Gasteiger partial charge in [-0.15, -0.1) is 6.58 Å². The van der Waals surface area contributed by atoms with Crippen LogP contribution < -0.4 is 0 Å². The SMILES string of the molecule is C=CC/C=C\C=C/C(C)/C=C\C. The Balaban J connectivity index is 3.66. The second-order valence-corrected chi connectivity index (χ2v) is 2.72. The summed E-state index contributed by atoms with van der Waals surface area (Å²) in [7, 11) is 0. The Hall–Kier alpha value is -1.04. The van der Waals surface area contributed by atoms with Crippen LogP contribution in [0.25, 0.3) is 0 Å². The van der Waals surface area contributed by atoms with Crippen LogP contribution in [0.3, 0.4) is 0 Å². The van der Waals surface area contributed by atoms with Crippen LogP contribution in [0.2, 0.25) is 0 Å². The van der Waals surface area contributed by atoms with Crippen LogP contribution in [-0.4, -0.2) is 0 Å². The van der Waals surface area contributed by atoms with Crippen molar-refractivity contribution >= 4 is 0 Å². The van der Waals surface area contributed by atoms with E-state index < -0.39 is 0 Å². The van der Waals surface area contributed by atoms with Gasteiger partial charge in [-0.05, 0) is 19.3 Å². The van der Waals surface area contributed by atoms with Gasteiger partial charge in [-0.2, -0.15) is 0 Å². The van der Waals surface area contributed by atoms with E-state index in [0.29, 0.717) is 5.92 Å². The van der Waals surface area contributed by atoms with E-state index in [4.69, 9.17) is 0 Å². The Bertz CT molecular complexity index is 182. The monoisotopic (exact) mass is 162 g/mol. The minimum absolute atomic E-state index is 0.531. The van der Waals surface area contributed by atoms with Crippen molar-refractivity contribution < 1.29 is 0 Å². The first-order valence-electron chi connectivity index (χ1n) is 4.38. The summed E-state index contributed by atoms with van der Waals surface area (Å²) < 4.78 is 0. The van der Waals surface area contributed by atoms with Crippen molar-refractivity contribution in [2.75, 3.05) is 0 Å². The van der Waals surface area contributed by atoms with Gasteiger partial charge in [0, 0.05) is 0 Å². The molecule has 1 atom stereocenters. The van der Waals surface area contributed by atoms with Crippen LogP contribution in [-0.2, 0) is 0 Å². The largest absolute Gasteiger partial charge is 0.103 e. The Morgan fingerprint density at radius 2 is 2.00 bits per heavy atom. The summed E-state index contributed by atoms with van der Waals surface area (Å²) in [6.45, 7) is 7.84. The van der Waals surface area contributed by atoms with Crippen molar-refractivity contribution in [1.82, 2.24) is 0 Å². The van der Waals surface area contributed by atoms with Crippen molar-refractivity contribution in [3.63, 3.8) is 0 Å². The third-order valence-corrected chi connectivity index (χ3v) is 1.46. The fraction of sp³-hybridized carbons (Fsp3) is 0.333. The van der Waals surface area contributed by atoms with Gasteiger partial charge in [0.05, 0.1) is 0 Å². The molecule has 0 nitrogen and oxygen atoms in total. The number of allylic oxidation sites excluding steroid dienone is 7. The lowest BCUT2D eigenvalue weighted by Crippen LogP contribution is -1.79. The van der Waals surface area contributed by atoms with Gasteiger partial charge in [-0.25, -0.2) is 0 Å². The molecular formula is C12H18. The Morgan fingerprint density at radius 1 is 1.25 bits per heavy atom. The molecule has 0 amide bonds. The highest BCUT2D eigenvalue weighted by molar-refractivity contribution is 5.08. The molecule has 1 unspecified atom stereocenters. The maximum Gasteiger partial charge on any atom is -0.00789 e. The van der Waals surface area contributed by atoms with Crippen LogP contribution in [0.15, 0.2) is 49.1 Å². The molecule has 0 rings (SSSR count). The molecule has 0 aliphatic heterocycles. The molecule has 0 bridgehead atoms. The first-order valence-corrected chi connectivity index (χ1v) is 4.38. The predicted molar refractivity (Wildman–Crippen MR) is 57.1 cm³/mol. The topological polar surface area (TPSA) is 0 Å². The highest BCUT2D eigenvalue weighted by atomic mass is 13.9. The third-order valence-electron chi connectivity index (χ3n) is 1.46. The summed E-state index contributed by atoms with van der Waals surface area (Å²) in [5, 5.41) is 0. The first kappa shape index (κ1) is 11.0. The fourth-order valence-electron chi connectivity index (χ4n) is 0.860. The van der Waals surface area contributed by atoms with Crippen LogP contribution in [0.5, 0.6) is 0 Å². The van der Waals surface area contributed by atoms with Gasteiger partial charge in [-0.1, -0.05) is 49.5 Å². The summed E-state index contributed by atoms with van der Waals surface area (Å²) in [4.78, 5) is 0. The Labute approximate surface area is 76.0 Å². The van der Waals surface area contributed by atoms with E-state index in [1.165, 1.54) is 0 Å². The lowest BCUT2D eigenvalue weighted by atomic mass is 10.1. The van der Waals surface area contributed by atoms with Crippen molar-refractivity contribution in [1.29, 1.82) is 0 Å². The van der Waals surface area contributed by atoms with E-state index in [9.17, 15) is 0 Å². The van der Waals surface area contributed by atoms with Gasteiger partial charge < -0.3 is 0 Å². The molecule has 0 saturated heterocycles. The quantitative estimate of drug-likeness (QED) is 0.425. The smallest absolute Gasteiger partial charge is 0.00789 e. The zero-order chi connectivity index (χ0) is 9.23. The van der Waals surface area contributed by atoms with Crippen molar-refractivity contribution in [3.8, 4) is 0 Å². The normalized spacial score (nSPS) is 14.8. The standard InChI is InChI=1S/C12H18/c1-4-6-7-8-9-11-12(3)10-5-2/h4-5,7-12H,1,6H2,2-3H3/b8-7-,10-5-,11-9-. The van der Waals surface area contributed by atoms with E-state index in [-0.39, 0.29) is 0 Å². The Kier molecular flexibility index (Phi) is 7.36. The van der Waals surface area contributed by atoms with Crippen LogP contribution in [0.4, 0.5) is 0 Å². The van der Waals surface area contributed by atoms with Crippen molar-refractivity contribution in [2.45, 2.75) is 20.3 Å². The van der Waals surface area contributed by atoms with Gasteiger partial charge in [0.25, 0.3) is 0 Å². The minimum atomic E-state index is 0.531. The lowest BCUT2D eigenvalue weighted by Gasteiger charge is -1.93. The number of hydrogen-bond acceptors (Lipinski definition) is 0. The van der Waals surface area contributed by atoms with E-state index in [1.807, 2.05) is 13.0 Å². The zero-order valence-electron chi connectivity index (χ0n) is 8.03. The Morgan fingerprint density at radius 3 is 2.58 bits per heavy atom. The summed E-state index contributed by atoms with van der Waals surface area (Å²) in [6, 6.07) is 0. The summed E-state index contributed by atoms with van der Waals surface area (Å²) in [5.41, 5.74) is 0. The molecule has 0 N–H and O–H groups in total. The van der Waals surface area contributed by atoms with E-state index in [2.05, 4.69) is 50.0 Å². The minimum Gasteiger partial charge on any atom is -0.103 e. The molecule has 0 radical (unpaired) electrons. The van der Waals surface area contributed by atoms with E-state index >= 15 is 0 Å². The number of hydrogen-bond donors (Lipinski definition) is 0. The fourth-order valence-corrected chi connectivity index (χ4v) is 0.860. The van der Waals surface area contributed by atoms with Gasteiger partial charge in [0.2, 0.25) is 0 Å². The van der Waals surface area contributed by atoms with Crippen molar-refractivity contribution in [3.05, 3.63) is 49.1 Å². The highest BCUT2D eigenvalue weighted by Gasteiger charge is 1.84. The van der Waals surface area contributed by atoms with Crippen LogP contribution in [0, 0.1) is 5.92 Å². The summed E-state index contributed by atoms with van der Waals surface area (Å²) >= 11 is 0. The maximum atomic E-state index is 3.64. The molecule has 0 aliphatic rings. The molecule has 0 aromatic carbocycles. The summed E-state index contributed by atoms with van der Waals surface area (Å²) in [6.07, 6.45) is 15.5. The molecule has 0 saturated carbocycles. The zero-order valence-corrected chi connectivity index (χ0v) is 8.03. The second-order valence-electron chi connectivity index (χ2n) is 2.72. The van der Waals surface area contributed by atoms with Gasteiger partial charge in [-0.3, -0.25) is 0 Å². The highest BCUT2D eigenvalue weighted by Crippen LogP contribution is 1.99. The van der Waals surface area contributed by atoms with Crippen molar-refractivity contribution in [2.24, 2.45) is 5.92 Å². The molecule has 66 valence electrons. The average molecular weight is 162 g/mol. The summed E-state index contributed by atoms with van der Waals surface area (Å²) in [5.74, 6) is 0.531. The average Bonchev–Trinajstić information content (AvgIpc) is 2.05. The molecule has 0 aromatic heterocycles. The predicted octanol–water partition coefficient (Wildman–Crippen LogP) is 3.89. The molecule has 0 aliphatic carbocycles. The maximum absolute atomic E-state index is 3.64. The first-order chi connectivity index (χ1) is 5.81. The van der Waals surface area contributed by atoms with E-state index in [0.717, 1.165) is 6.42 Å². The van der Waals surface area contributed by atoms with Crippen LogP contribution >= 0.6 is 0 Å². The third kappa shape index (κ3) is 7.07.